The second-order valence-electron chi connectivity index (χ2n) is 3.66. The maximum absolute atomic E-state index is 8.81. The Morgan fingerprint density at radius 2 is 2.31 bits per heavy atom. The fraction of sp³-hybridized carbons (Fsp3) is 0.167. The third kappa shape index (κ3) is 1.95. The first kappa shape index (κ1) is 10.4. The minimum absolute atomic E-state index is 0.118. The van der Waals surface area contributed by atoms with Gasteiger partial charge in [0.2, 0.25) is 0 Å². The molecule has 16 heavy (non-hydrogen) atoms. The van der Waals surface area contributed by atoms with Crippen molar-refractivity contribution in [1.29, 1.82) is 5.26 Å². The summed E-state index contributed by atoms with van der Waals surface area (Å²) < 4.78 is 0. The van der Waals surface area contributed by atoms with E-state index in [2.05, 4.69) is 16.0 Å². The third-order valence-electron chi connectivity index (χ3n) is 2.33. The summed E-state index contributed by atoms with van der Waals surface area (Å²) in [7, 11) is 0. The average molecular weight is 212 g/mol. The lowest BCUT2D eigenvalue weighted by Gasteiger charge is -2.00. The first-order valence-corrected chi connectivity index (χ1v) is 5.01. The number of imidazole rings is 1. The molecular weight excluding hydrogens is 200 g/mol. The van der Waals surface area contributed by atoms with E-state index in [0.717, 1.165) is 17.1 Å². The van der Waals surface area contributed by atoms with Crippen LogP contribution in [-0.2, 0) is 0 Å². The molecule has 3 N–H and O–H groups in total. The van der Waals surface area contributed by atoms with Gasteiger partial charge in [-0.15, -0.1) is 0 Å². The van der Waals surface area contributed by atoms with Gasteiger partial charge < -0.3 is 10.7 Å². The van der Waals surface area contributed by atoms with E-state index in [1.54, 1.807) is 12.3 Å². The number of aromatic nitrogens is 2. The van der Waals surface area contributed by atoms with E-state index in [1.165, 1.54) is 0 Å². The van der Waals surface area contributed by atoms with E-state index < -0.39 is 0 Å². The van der Waals surface area contributed by atoms with Gasteiger partial charge in [0.25, 0.3) is 0 Å². The second kappa shape index (κ2) is 4.17. The molecule has 0 aliphatic rings. The lowest BCUT2D eigenvalue weighted by Crippen LogP contribution is -2.06. The molecule has 1 aromatic carbocycles. The van der Waals surface area contributed by atoms with E-state index in [9.17, 15) is 0 Å². The normalized spacial score (nSPS) is 12.1. The molecule has 0 saturated heterocycles. The zero-order valence-electron chi connectivity index (χ0n) is 8.94. The quantitative estimate of drug-likeness (QED) is 0.798. The number of benzene rings is 1. The second-order valence-corrected chi connectivity index (χ2v) is 3.66. The van der Waals surface area contributed by atoms with E-state index in [0.29, 0.717) is 5.56 Å². The molecule has 1 heterocycles. The highest BCUT2D eigenvalue weighted by Crippen LogP contribution is 2.19. The molecule has 0 amide bonds. The van der Waals surface area contributed by atoms with Crippen molar-refractivity contribution in [2.24, 2.45) is 5.73 Å². The molecule has 1 unspecified atom stereocenters. The van der Waals surface area contributed by atoms with Gasteiger partial charge in [0.1, 0.15) is 5.82 Å². The van der Waals surface area contributed by atoms with Crippen molar-refractivity contribution < 1.29 is 0 Å². The summed E-state index contributed by atoms with van der Waals surface area (Å²) in [6.07, 6.45) is 1.73. The third-order valence-corrected chi connectivity index (χ3v) is 2.33. The van der Waals surface area contributed by atoms with Gasteiger partial charge >= 0.3 is 0 Å². The molecule has 0 spiro atoms. The van der Waals surface area contributed by atoms with Crippen LogP contribution in [0.25, 0.3) is 11.3 Å². The van der Waals surface area contributed by atoms with Gasteiger partial charge in [0, 0.05) is 5.56 Å². The largest absolute Gasteiger partial charge is 0.341 e. The molecule has 2 rings (SSSR count). The number of nitrogens with one attached hydrogen (secondary N) is 1. The number of nitrogens with two attached hydrogens (primary N) is 1. The van der Waals surface area contributed by atoms with Gasteiger partial charge in [0.15, 0.2) is 0 Å². The average Bonchev–Trinajstić information content (AvgIpc) is 2.78. The minimum atomic E-state index is -0.118. The van der Waals surface area contributed by atoms with Gasteiger partial charge in [-0.1, -0.05) is 12.1 Å². The maximum atomic E-state index is 8.81. The van der Waals surface area contributed by atoms with Gasteiger partial charge in [0.05, 0.1) is 29.6 Å². The Morgan fingerprint density at radius 1 is 1.50 bits per heavy atom. The highest BCUT2D eigenvalue weighted by Gasteiger charge is 2.06. The smallest absolute Gasteiger partial charge is 0.123 e. The summed E-state index contributed by atoms with van der Waals surface area (Å²) in [6.45, 7) is 1.87. The van der Waals surface area contributed by atoms with Crippen molar-refractivity contribution in [2.75, 3.05) is 0 Å². The Kier molecular flexibility index (Phi) is 2.71. The number of rotatable bonds is 2. The van der Waals surface area contributed by atoms with E-state index in [1.807, 2.05) is 25.1 Å². The molecule has 0 bridgehead atoms. The standard InChI is InChI=1S/C12H12N4/c1-8(14)12-15-7-11(16-12)10-4-2-3-9(5-10)6-13/h2-5,7-8H,14H2,1H3,(H,15,16). The molecule has 80 valence electrons. The Labute approximate surface area is 93.7 Å². The number of nitriles is 1. The highest BCUT2D eigenvalue weighted by molar-refractivity contribution is 5.60. The summed E-state index contributed by atoms with van der Waals surface area (Å²) >= 11 is 0. The predicted molar refractivity (Wildman–Crippen MR) is 61.3 cm³/mol. The van der Waals surface area contributed by atoms with Crippen LogP contribution in [0.3, 0.4) is 0 Å². The summed E-state index contributed by atoms with van der Waals surface area (Å²) in [5, 5.41) is 8.81. The SMILES string of the molecule is CC(N)c1ncc(-c2cccc(C#N)c2)[nH]1. The van der Waals surface area contributed by atoms with Gasteiger partial charge in [-0.05, 0) is 19.1 Å². The molecule has 2 aromatic rings. The zero-order valence-corrected chi connectivity index (χ0v) is 8.94. The Hall–Kier alpha value is -2.12. The van der Waals surface area contributed by atoms with Crippen LogP contribution in [0.2, 0.25) is 0 Å². The van der Waals surface area contributed by atoms with Gasteiger partial charge in [-0.3, -0.25) is 0 Å². The van der Waals surface area contributed by atoms with E-state index in [4.69, 9.17) is 11.0 Å². The van der Waals surface area contributed by atoms with Crippen LogP contribution in [-0.4, -0.2) is 9.97 Å². The van der Waals surface area contributed by atoms with E-state index >= 15 is 0 Å². The Morgan fingerprint density at radius 3 is 2.94 bits per heavy atom. The first-order valence-electron chi connectivity index (χ1n) is 5.01. The van der Waals surface area contributed by atoms with Crippen molar-refractivity contribution in [3.8, 4) is 17.3 Å². The Balaban J connectivity index is 2.39. The molecule has 0 aliphatic carbocycles. The number of aromatic amines is 1. The molecule has 0 radical (unpaired) electrons. The van der Waals surface area contributed by atoms with Crippen molar-refractivity contribution >= 4 is 0 Å². The van der Waals surface area contributed by atoms with Crippen LogP contribution in [0.4, 0.5) is 0 Å². The number of hydrogen-bond acceptors (Lipinski definition) is 3. The van der Waals surface area contributed by atoms with Crippen LogP contribution in [0.15, 0.2) is 30.5 Å². The summed E-state index contributed by atoms with van der Waals surface area (Å²) in [6, 6.07) is 9.36. The van der Waals surface area contributed by atoms with Crippen molar-refractivity contribution in [2.45, 2.75) is 13.0 Å². The molecule has 0 aliphatic heterocycles. The fourth-order valence-corrected chi connectivity index (χ4v) is 1.47. The maximum Gasteiger partial charge on any atom is 0.123 e. The van der Waals surface area contributed by atoms with Crippen LogP contribution >= 0.6 is 0 Å². The predicted octanol–water partition coefficient (Wildman–Crippen LogP) is 1.97. The summed E-state index contributed by atoms with van der Waals surface area (Å²) in [5.74, 6) is 0.748. The van der Waals surface area contributed by atoms with Crippen molar-refractivity contribution in [3.63, 3.8) is 0 Å². The topological polar surface area (TPSA) is 78.5 Å². The molecule has 0 saturated carbocycles. The summed E-state index contributed by atoms with van der Waals surface area (Å²) in [4.78, 5) is 7.32. The van der Waals surface area contributed by atoms with Crippen LogP contribution in [0, 0.1) is 11.3 Å². The fourth-order valence-electron chi connectivity index (χ4n) is 1.47. The molecule has 4 nitrogen and oxygen atoms in total. The molecule has 0 fully saturated rings. The molecule has 1 atom stereocenters. The van der Waals surface area contributed by atoms with Gasteiger partial charge in [-0.2, -0.15) is 5.26 Å². The lowest BCUT2D eigenvalue weighted by molar-refractivity contribution is 0.756. The molecule has 4 heteroatoms. The first-order chi connectivity index (χ1) is 7.70. The van der Waals surface area contributed by atoms with Gasteiger partial charge in [-0.25, -0.2) is 4.98 Å². The van der Waals surface area contributed by atoms with Crippen LogP contribution < -0.4 is 5.73 Å². The van der Waals surface area contributed by atoms with Crippen molar-refractivity contribution in [1.82, 2.24) is 9.97 Å². The summed E-state index contributed by atoms with van der Waals surface area (Å²) in [5.41, 5.74) is 8.17. The monoisotopic (exact) mass is 212 g/mol. The van der Waals surface area contributed by atoms with E-state index in [-0.39, 0.29) is 6.04 Å². The van der Waals surface area contributed by atoms with Crippen LogP contribution in [0.5, 0.6) is 0 Å². The van der Waals surface area contributed by atoms with Crippen LogP contribution in [0.1, 0.15) is 24.4 Å². The molecule has 1 aromatic heterocycles. The molecular formula is C12H12N4. The number of H-pyrrole nitrogens is 1. The van der Waals surface area contributed by atoms with Crippen molar-refractivity contribution in [3.05, 3.63) is 41.9 Å². The minimum Gasteiger partial charge on any atom is -0.341 e. The number of nitrogens with zero attached hydrogens (tertiary/aromatic N) is 2. The Bertz CT molecular complexity index is 534. The zero-order chi connectivity index (χ0) is 11.5. The number of hydrogen-bond donors (Lipinski definition) is 2. The highest BCUT2D eigenvalue weighted by atomic mass is 14.9. The lowest BCUT2D eigenvalue weighted by atomic mass is 10.1.